The molecule has 0 radical (unpaired) electrons. The Hall–Kier alpha value is -1.65. The fraction of sp³-hybridized carbons (Fsp3) is 0.625. The van der Waals surface area contributed by atoms with Crippen LogP contribution >= 0.6 is 0 Å². The highest BCUT2D eigenvalue weighted by atomic mass is 19.1. The summed E-state index contributed by atoms with van der Waals surface area (Å²) in [7, 11) is 0. The fourth-order valence-electron chi connectivity index (χ4n) is 3.06. The van der Waals surface area contributed by atoms with Crippen molar-refractivity contribution in [1.82, 2.24) is 0 Å². The van der Waals surface area contributed by atoms with Crippen LogP contribution in [0.3, 0.4) is 0 Å². The molecule has 116 valence electrons. The lowest BCUT2D eigenvalue weighted by Crippen LogP contribution is -2.31. The molecule has 1 aromatic rings. The maximum atomic E-state index is 13.8. The number of nitro benzene ring substituents is 1. The molecule has 0 bridgehead atoms. The van der Waals surface area contributed by atoms with Gasteiger partial charge in [0.1, 0.15) is 5.82 Å². The van der Waals surface area contributed by atoms with Crippen LogP contribution < -0.4 is 5.32 Å². The minimum absolute atomic E-state index is 0.0812. The molecule has 0 atom stereocenters. The van der Waals surface area contributed by atoms with E-state index in [-0.39, 0.29) is 17.4 Å². The van der Waals surface area contributed by atoms with Gasteiger partial charge in [0, 0.05) is 18.2 Å². The van der Waals surface area contributed by atoms with Crippen molar-refractivity contribution in [2.75, 3.05) is 5.32 Å². The van der Waals surface area contributed by atoms with Gasteiger partial charge in [0.05, 0.1) is 10.6 Å². The van der Waals surface area contributed by atoms with Crippen LogP contribution in [0.25, 0.3) is 0 Å². The number of non-ortho nitro benzene ring substituents is 1. The Morgan fingerprint density at radius 2 is 1.86 bits per heavy atom. The van der Waals surface area contributed by atoms with Gasteiger partial charge in [0.15, 0.2) is 0 Å². The number of nitrogens with one attached hydrogen (secondary N) is 1. The zero-order valence-corrected chi connectivity index (χ0v) is 12.9. The SMILES string of the molecule is CC(C)(C)C1CCC(Nc2cc([N+](=O)[O-])ccc2F)CC1. The summed E-state index contributed by atoms with van der Waals surface area (Å²) in [4.78, 5) is 10.3. The highest BCUT2D eigenvalue weighted by Crippen LogP contribution is 2.38. The third-order valence-corrected chi connectivity index (χ3v) is 4.47. The summed E-state index contributed by atoms with van der Waals surface area (Å²) in [5.74, 6) is 0.254. The average molecular weight is 294 g/mol. The minimum atomic E-state index is -0.499. The summed E-state index contributed by atoms with van der Waals surface area (Å²) in [5.41, 5.74) is 0.465. The van der Waals surface area contributed by atoms with Gasteiger partial charge in [0.25, 0.3) is 5.69 Å². The van der Waals surface area contributed by atoms with Crippen LogP contribution in [0, 0.1) is 27.3 Å². The third kappa shape index (κ3) is 3.93. The molecule has 1 fully saturated rings. The predicted octanol–water partition coefficient (Wildman–Crippen LogP) is 4.75. The molecule has 0 aliphatic heterocycles. The molecule has 0 amide bonds. The Kier molecular flexibility index (Phi) is 4.49. The minimum Gasteiger partial charge on any atom is -0.380 e. The van der Waals surface area contributed by atoms with Crippen molar-refractivity contribution in [3.05, 3.63) is 34.1 Å². The zero-order valence-electron chi connectivity index (χ0n) is 12.9. The maximum absolute atomic E-state index is 13.8. The normalized spacial score (nSPS) is 22.9. The van der Waals surface area contributed by atoms with Crippen molar-refractivity contribution >= 4 is 11.4 Å². The van der Waals surface area contributed by atoms with Crippen molar-refractivity contribution < 1.29 is 9.31 Å². The Morgan fingerprint density at radius 3 is 2.38 bits per heavy atom. The molecule has 0 heterocycles. The van der Waals surface area contributed by atoms with Gasteiger partial charge < -0.3 is 5.32 Å². The number of nitro groups is 1. The first-order valence-electron chi connectivity index (χ1n) is 7.48. The molecule has 5 heteroatoms. The molecule has 21 heavy (non-hydrogen) atoms. The van der Waals surface area contributed by atoms with Gasteiger partial charge in [-0.05, 0) is 43.1 Å². The molecule has 1 saturated carbocycles. The molecule has 1 aliphatic rings. The Morgan fingerprint density at radius 1 is 1.24 bits per heavy atom. The van der Waals surface area contributed by atoms with E-state index in [9.17, 15) is 14.5 Å². The number of halogens is 1. The smallest absolute Gasteiger partial charge is 0.271 e. The van der Waals surface area contributed by atoms with Gasteiger partial charge >= 0.3 is 0 Å². The number of rotatable bonds is 3. The monoisotopic (exact) mass is 294 g/mol. The van der Waals surface area contributed by atoms with Crippen molar-refractivity contribution in [3.8, 4) is 0 Å². The second kappa shape index (κ2) is 6.00. The molecule has 0 saturated heterocycles. The van der Waals surface area contributed by atoms with Crippen molar-refractivity contribution in [2.45, 2.75) is 52.5 Å². The van der Waals surface area contributed by atoms with Gasteiger partial charge in [-0.2, -0.15) is 0 Å². The first kappa shape index (κ1) is 15.7. The van der Waals surface area contributed by atoms with E-state index in [1.807, 2.05) is 0 Å². The second-order valence-electron chi connectivity index (χ2n) is 6.98. The van der Waals surface area contributed by atoms with E-state index in [1.54, 1.807) is 0 Å². The highest BCUT2D eigenvalue weighted by molar-refractivity contribution is 5.52. The Labute approximate surface area is 124 Å². The van der Waals surface area contributed by atoms with E-state index in [2.05, 4.69) is 26.1 Å². The first-order valence-corrected chi connectivity index (χ1v) is 7.48. The number of hydrogen-bond acceptors (Lipinski definition) is 3. The lowest BCUT2D eigenvalue weighted by Gasteiger charge is -2.37. The van der Waals surface area contributed by atoms with Gasteiger partial charge in [-0.3, -0.25) is 10.1 Å². The Bertz CT molecular complexity index is 517. The molecule has 1 aliphatic carbocycles. The number of hydrogen-bond donors (Lipinski definition) is 1. The number of nitrogens with zero attached hydrogens (tertiary/aromatic N) is 1. The third-order valence-electron chi connectivity index (χ3n) is 4.47. The van der Waals surface area contributed by atoms with Gasteiger partial charge in [-0.25, -0.2) is 4.39 Å². The molecule has 4 nitrogen and oxygen atoms in total. The van der Waals surface area contributed by atoms with Crippen LogP contribution in [0.4, 0.5) is 15.8 Å². The molecule has 0 aromatic heterocycles. The van der Waals surface area contributed by atoms with Gasteiger partial charge in [-0.15, -0.1) is 0 Å². The lowest BCUT2D eigenvalue weighted by atomic mass is 9.71. The molecular weight excluding hydrogens is 271 g/mol. The summed E-state index contributed by atoms with van der Waals surface area (Å²) in [5, 5.41) is 13.9. The molecule has 2 rings (SSSR count). The van der Waals surface area contributed by atoms with Crippen LogP contribution in [-0.2, 0) is 0 Å². The van der Waals surface area contributed by atoms with Crippen LogP contribution in [0.2, 0.25) is 0 Å². The fourth-order valence-corrected chi connectivity index (χ4v) is 3.06. The van der Waals surface area contributed by atoms with Crippen molar-refractivity contribution in [3.63, 3.8) is 0 Å². The van der Waals surface area contributed by atoms with Gasteiger partial charge in [-0.1, -0.05) is 20.8 Å². The molecule has 1 aromatic carbocycles. The molecular formula is C16H23FN2O2. The average Bonchev–Trinajstić information content (AvgIpc) is 2.40. The first-order chi connectivity index (χ1) is 9.77. The van der Waals surface area contributed by atoms with E-state index in [0.29, 0.717) is 11.3 Å². The van der Waals surface area contributed by atoms with Gasteiger partial charge in [0.2, 0.25) is 0 Å². The van der Waals surface area contributed by atoms with E-state index in [1.165, 1.54) is 12.1 Å². The van der Waals surface area contributed by atoms with Crippen molar-refractivity contribution in [2.24, 2.45) is 11.3 Å². The summed E-state index contributed by atoms with van der Waals surface area (Å²) in [6.07, 6.45) is 4.17. The van der Waals surface area contributed by atoms with E-state index < -0.39 is 10.7 Å². The quantitative estimate of drug-likeness (QED) is 0.646. The van der Waals surface area contributed by atoms with E-state index in [0.717, 1.165) is 31.7 Å². The van der Waals surface area contributed by atoms with E-state index >= 15 is 0 Å². The molecule has 1 N–H and O–H groups in total. The van der Waals surface area contributed by atoms with E-state index in [4.69, 9.17) is 0 Å². The number of benzene rings is 1. The summed E-state index contributed by atoms with van der Waals surface area (Å²) < 4.78 is 13.8. The van der Waals surface area contributed by atoms with Crippen molar-refractivity contribution in [1.29, 1.82) is 0 Å². The summed E-state index contributed by atoms with van der Waals surface area (Å²) >= 11 is 0. The standard InChI is InChI=1S/C16H23FN2O2/c1-16(2,3)11-4-6-12(7-5-11)18-15-10-13(19(20)21)8-9-14(15)17/h8-12,18H,4-7H2,1-3H3. The molecule has 0 spiro atoms. The Balaban J connectivity index is 2.01. The van der Waals surface area contributed by atoms with Crippen LogP contribution in [0.15, 0.2) is 18.2 Å². The topological polar surface area (TPSA) is 55.2 Å². The van der Waals surface area contributed by atoms with Crippen LogP contribution in [-0.4, -0.2) is 11.0 Å². The molecule has 0 unspecified atom stereocenters. The van der Waals surface area contributed by atoms with Crippen LogP contribution in [0.5, 0.6) is 0 Å². The summed E-state index contributed by atoms with van der Waals surface area (Å²) in [6.45, 7) is 6.77. The summed E-state index contributed by atoms with van der Waals surface area (Å²) in [6, 6.07) is 3.82. The largest absolute Gasteiger partial charge is 0.380 e. The maximum Gasteiger partial charge on any atom is 0.271 e. The second-order valence-corrected chi connectivity index (χ2v) is 6.98. The zero-order chi connectivity index (χ0) is 15.6. The highest BCUT2D eigenvalue weighted by Gasteiger charge is 2.30. The number of anilines is 1. The van der Waals surface area contributed by atoms with Crippen LogP contribution in [0.1, 0.15) is 46.5 Å². The predicted molar refractivity (Wildman–Crippen MR) is 81.9 cm³/mol. The lowest BCUT2D eigenvalue weighted by molar-refractivity contribution is -0.384.